The zero-order valence-electron chi connectivity index (χ0n) is 22.2. The quantitative estimate of drug-likeness (QED) is 0.191. The molecule has 1 aliphatic rings. The van der Waals surface area contributed by atoms with Gasteiger partial charge in [0.2, 0.25) is 0 Å². The number of halogens is 2. The molecule has 0 bridgehead atoms. The first kappa shape index (κ1) is 28.0. The van der Waals surface area contributed by atoms with Gasteiger partial charge in [0.15, 0.2) is 16.7 Å². The van der Waals surface area contributed by atoms with Crippen LogP contribution in [-0.2, 0) is 11.4 Å². The Hall–Kier alpha value is -3.52. The summed E-state index contributed by atoms with van der Waals surface area (Å²) in [5, 5.41) is 1.27. The number of thioether (sulfide) groups is 1. The summed E-state index contributed by atoms with van der Waals surface area (Å²) >= 11 is 11.0. The van der Waals surface area contributed by atoms with E-state index in [-0.39, 0.29) is 5.91 Å². The van der Waals surface area contributed by atoms with Crippen LogP contribution in [0.4, 0.5) is 11.4 Å². The summed E-state index contributed by atoms with van der Waals surface area (Å²) in [4.78, 5) is 20.8. The molecule has 8 heteroatoms. The van der Waals surface area contributed by atoms with Crippen molar-refractivity contribution < 1.29 is 14.3 Å². The van der Waals surface area contributed by atoms with Crippen molar-refractivity contribution in [1.82, 2.24) is 0 Å². The van der Waals surface area contributed by atoms with Crippen molar-refractivity contribution in [3.8, 4) is 11.5 Å². The van der Waals surface area contributed by atoms with E-state index in [1.165, 1.54) is 11.8 Å². The van der Waals surface area contributed by atoms with Gasteiger partial charge in [-0.1, -0.05) is 59.1 Å². The van der Waals surface area contributed by atoms with Crippen LogP contribution >= 0.6 is 39.3 Å². The molecule has 0 atom stereocenters. The molecule has 5 rings (SSSR count). The molecule has 40 heavy (non-hydrogen) atoms. The minimum Gasteiger partial charge on any atom is -0.493 e. The molecule has 0 aliphatic carbocycles. The maximum Gasteiger partial charge on any atom is 0.271 e. The predicted octanol–water partition coefficient (Wildman–Crippen LogP) is 9.12. The van der Waals surface area contributed by atoms with Crippen LogP contribution in [0.1, 0.15) is 22.3 Å². The molecule has 1 amide bonds. The monoisotopic (exact) mass is 632 g/mol. The minimum absolute atomic E-state index is 0.141. The van der Waals surface area contributed by atoms with E-state index in [2.05, 4.69) is 15.9 Å². The van der Waals surface area contributed by atoms with Crippen LogP contribution in [0.2, 0.25) is 5.02 Å². The van der Waals surface area contributed by atoms with E-state index in [9.17, 15) is 4.79 Å². The van der Waals surface area contributed by atoms with Crippen LogP contribution in [0.25, 0.3) is 6.08 Å². The van der Waals surface area contributed by atoms with Crippen molar-refractivity contribution >= 4 is 67.8 Å². The lowest BCUT2D eigenvalue weighted by Gasteiger charge is -2.16. The Kier molecular flexibility index (Phi) is 8.64. The van der Waals surface area contributed by atoms with Gasteiger partial charge in [-0.15, -0.1) is 0 Å². The third kappa shape index (κ3) is 6.44. The lowest BCUT2D eigenvalue weighted by molar-refractivity contribution is -0.113. The van der Waals surface area contributed by atoms with Gasteiger partial charge in [-0.2, -0.15) is 0 Å². The van der Waals surface area contributed by atoms with Crippen LogP contribution in [0.5, 0.6) is 11.5 Å². The zero-order valence-corrected chi connectivity index (χ0v) is 25.3. The van der Waals surface area contributed by atoms with Gasteiger partial charge in [-0.05, 0) is 107 Å². The van der Waals surface area contributed by atoms with Gasteiger partial charge in [0.05, 0.1) is 27.9 Å². The topological polar surface area (TPSA) is 51.1 Å². The van der Waals surface area contributed by atoms with E-state index in [4.69, 9.17) is 26.1 Å². The van der Waals surface area contributed by atoms with Gasteiger partial charge < -0.3 is 9.47 Å². The first-order valence-corrected chi connectivity index (χ1v) is 14.5. The van der Waals surface area contributed by atoms with Gasteiger partial charge in [-0.3, -0.25) is 9.69 Å². The highest BCUT2D eigenvalue weighted by Gasteiger charge is 2.35. The summed E-state index contributed by atoms with van der Waals surface area (Å²) < 4.78 is 12.4. The van der Waals surface area contributed by atoms with Gasteiger partial charge in [0.1, 0.15) is 6.61 Å². The molecule has 1 aliphatic heterocycles. The van der Waals surface area contributed by atoms with E-state index in [1.807, 2.05) is 105 Å². The molecular formula is C32H26BrClN2O3S. The Labute approximate surface area is 251 Å². The van der Waals surface area contributed by atoms with E-state index in [0.29, 0.717) is 37.7 Å². The van der Waals surface area contributed by atoms with E-state index >= 15 is 0 Å². The molecule has 0 spiro atoms. The first-order valence-electron chi connectivity index (χ1n) is 12.5. The number of nitrogens with zero attached hydrogens (tertiary/aromatic N) is 2. The minimum atomic E-state index is -0.141. The van der Waals surface area contributed by atoms with E-state index in [1.54, 1.807) is 12.0 Å². The molecule has 0 saturated carbocycles. The van der Waals surface area contributed by atoms with Gasteiger partial charge in [0.25, 0.3) is 5.91 Å². The second kappa shape index (κ2) is 12.3. The Bertz CT molecular complexity index is 1600. The van der Waals surface area contributed by atoms with Crippen LogP contribution in [0.15, 0.2) is 99.3 Å². The highest BCUT2D eigenvalue weighted by molar-refractivity contribution is 9.10. The Morgan fingerprint density at radius 2 is 1.60 bits per heavy atom. The predicted molar refractivity (Wildman–Crippen MR) is 169 cm³/mol. The number of ether oxygens (including phenoxy) is 2. The normalized spacial score (nSPS) is 15.2. The van der Waals surface area contributed by atoms with Gasteiger partial charge in [0, 0.05) is 5.02 Å². The molecule has 4 aromatic carbocycles. The Balaban J connectivity index is 1.46. The summed E-state index contributed by atoms with van der Waals surface area (Å²) in [6.45, 7) is 4.40. The first-order chi connectivity index (χ1) is 19.3. The number of amides is 1. The number of carbonyl (C=O) groups excluding carboxylic acids is 1. The van der Waals surface area contributed by atoms with Crippen molar-refractivity contribution in [3.05, 3.63) is 122 Å². The average molecular weight is 634 g/mol. The standard InChI is InChI=1S/C32H26BrClN2O3S/c1-20-4-12-25(13-5-20)35-32-36(26-14-6-21(2)7-15-26)31(37)29(40-32)18-23-16-27(33)30(28(17-23)38-3)39-19-22-8-10-24(34)11-9-22/h4-18H,19H2,1-3H3/b29-18-,35-32?. The number of methoxy groups -OCH3 is 1. The molecule has 0 aromatic heterocycles. The number of aliphatic imine (C=N–C) groups is 1. The lowest BCUT2D eigenvalue weighted by Crippen LogP contribution is -2.28. The van der Waals surface area contributed by atoms with Crippen molar-refractivity contribution in [1.29, 1.82) is 0 Å². The Morgan fingerprint density at radius 1 is 0.950 bits per heavy atom. The maximum atomic E-state index is 13.7. The molecule has 1 heterocycles. The fourth-order valence-corrected chi connectivity index (χ4v) is 5.75. The maximum absolute atomic E-state index is 13.7. The van der Waals surface area contributed by atoms with Crippen LogP contribution in [-0.4, -0.2) is 18.2 Å². The zero-order chi connectivity index (χ0) is 28.2. The summed E-state index contributed by atoms with van der Waals surface area (Å²) in [6.07, 6.45) is 1.85. The molecule has 4 aromatic rings. The third-order valence-electron chi connectivity index (χ3n) is 6.20. The van der Waals surface area contributed by atoms with Crippen LogP contribution in [0, 0.1) is 13.8 Å². The number of hydrogen-bond donors (Lipinski definition) is 0. The highest BCUT2D eigenvalue weighted by Crippen LogP contribution is 2.41. The molecule has 0 N–H and O–H groups in total. The molecule has 202 valence electrons. The van der Waals surface area contributed by atoms with E-state index in [0.717, 1.165) is 33.6 Å². The van der Waals surface area contributed by atoms with Crippen molar-refractivity contribution in [3.63, 3.8) is 0 Å². The summed E-state index contributed by atoms with van der Waals surface area (Å²) in [5.41, 5.74) is 5.59. The fraction of sp³-hybridized carbons (Fsp3) is 0.125. The average Bonchev–Trinajstić information content (AvgIpc) is 3.24. The lowest BCUT2D eigenvalue weighted by atomic mass is 10.1. The molecular weight excluding hydrogens is 608 g/mol. The molecule has 1 saturated heterocycles. The number of amidine groups is 1. The largest absolute Gasteiger partial charge is 0.493 e. The van der Waals surface area contributed by atoms with Crippen LogP contribution in [0.3, 0.4) is 0 Å². The van der Waals surface area contributed by atoms with Crippen molar-refractivity contribution in [2.45, 2.75) is 20.5 Å². The van der Waals surface area contributed by atoms with Gasteiger partial charge in [-0.25, -0.2) is 4.99 Å². The summed E-state index contributed by atoms with van der Waals surface area (Å²) in [5.74, 6) is 0.986. The van der Waals surface area contributed by atoms with E-state index < -0.39 is 0 Å². The summed E-state index contributed by atoms with van der Waals surface area (Å²) in [7, 11) is 1.59. The smallest absolute Gasteiger partial charge is 0.271 e. The number of rotatable bonds is 7. The summed E-state index contributed by atoms with van der Waals surface area (Å²) in [6, 6.07) is 27.0. The number of carbonyl (C=O) groups is 1. The second-order valence-electron chi connectivity index (χ2n) is 9.27. The number of benzene rings is 4. The third-order valence-corrected chi connectivity index (χ3v) is 8.01. The van der Waals surface area contributed by atoms with Crippen molar-refractivity contribution in [2.75, 3.05) is 12.0 Å². The number of aryl methyl sites for hydroxylation is 2. The number of hydrogen-bond acceptors (Lipinski definition) is 5. The SMILES string of the molecule is COc1cc(/C=C2\SC(=Nc3ccc(C)cc3)N(c3ccc(C)cc3)C2=O)cc(Br)c1OCc1ccc(Cl)cc1. The Morgan fingerprint density at radius 3 is 2.25 bits per heavy atom. The van der Waals surface area contributed by atoms with Crippen LogP contribution < -0.4 is 14.4 Å². The molecule has 1 fully saturated rings. The second-order valence-corrected chi connectivity index (χ2v) is 11.6. The van der Waals surface area contributed by atoms with Gasteiger partial charge >= 0.3 is 0 Å². The highest BCUT2D eigenvalue weighted by atomic mass is 79.9. The number of anilines is 1. The molecule has 5 nitrogen and oxygen atoms in total. The molecule has 0 radical (unpaired) electrons. The molecule has 0 unspecified atom stereocenters. The fourth-order valence-electron chi connectivity index (χ4n) is 4.05. The van der Waals surface area contributed by atoms with Crippen molar-refractivity contribution in [2.24, 2.45) is 4.99 Å².